The first-order chi connectivity index (χ1) is 28.7. The highest BCUT2D eigenvalue weighted by molar-refractivity contribution is 7.86. The molecule has 0 aliphatic rings. The Morgan fingerprint density at radius 2 is 1.02 bits per heavy atom. The molecule has 0 saturated carbocycles. The number of hydrogen-bond acceptors (Lipinski definition) is 18. The standard InChI is InChI=1S/C38H40N12O8S2/c1-49(21-23-51)37-45-33(39-27-9-5-3-6-10-27)43-35(47-37)41-30-20-17-26(16-13-25-14-18-29(19-15-25)59(53,54)55)32(60(56,57)58)31(30)42-36-44-34(40-28-11-7-4-8-12-28)46-38(48-36)50(2)22-24-52/h3-20,51-52H,21-24H2,1-2H3,(H,53,54,55)(H,56,57,58)(H2,39,41,43,45,47)(H2,40,42,44,46,48). The highest BCUT2D eigenvalue weighted by atomic mass is 32.2. The second kappa shape index (κ2) is 18.8. The van der Waals surface area contributed by atoms with Crippen molar-refractivity contribution in [1.82, 2.24) is 29.9 Å². The first-order valence-corrected chi connectivity index (χ1v) is 20.8. The summed E-state index contributed by atoms with van der Waals surface area (Å²) in [4.78, 5) is 29.2. The minimum atomic E-state index is -5.10. The summed E-state index contributed by atoms with van der Waals surface area (Å²) in [6, 6.07) is 26.1. The van der Waals surface area contributed by atoms with Gasteiger partial charge in [0, 0.05) is 38.6 Å². The van der Waals surface area contributed by atoms with E-state index in [4.69, 9.17) is 0 Å². The Morgan fingerprint density at radius 1 is 0.550 bits per heavy atom. The van der Waals surface area contributed by atoms with Crippen LogP contribution in [0.3, 0.4) is 0 Å². The number of benzene rings is 4. The Balaban J connectivity index is 1.51. The van der Waals surface area contributed by atoms with Gasteiger partial charge in [0.15, 0.2) is 0 Å². The van der Waals surface area contributed by atoms with Gasteiger partial charge in [0.2, 0.25) is 35.7 Å². The van der Waals surface area contributed by atoms with Gasteiger partial charge in [-0.05, 0) is 53.6 Å². The molecule has 0 unspecified atom stereocenters. The van der Waals surface area contributed by atoms with E-state index in [0.29, 0.717) is 16.9 Å². The van der Waals surface area contributed by atoms with Crippen molar-refractivity contribution in [2.45, 2.75) is 9.79 Å². The maximum atomic E-state index is 13.5. The first kappa shape index (κ1) is 42.8. The Bertz CT molecular complexity index is 2680. The molecular formula is C38H40N12O8S2. The van der Waals surface area contributed by atoms with Gasteiger partial charge in [0.25, 0.3) is 20.2 Å². The van der Waals surface area contributed by atoms with Crippen molar-refractivity contribution in [1.29, 1.82) is 0 Å². The summed E-state index contributed by atoms with van der Waals surface area (Å²) in [5.74, 6) is 0.154. The SMILES string of the molecule is CN(CCO)c1nc(Nc2ccccc2)nc(Nc2ccc(C=Cc3ccc(S(=O)(=O)O)cc3)c(S(=O)(=O)O)c2Nc2nc(Nc3ccccc3)nc(N(C)CCO)n2)n1. The van der Waals surface area contributed by atoms with Crippen molar-refractivity contribution in [2.24, 2.45) is 0 Å². The molecule has 0 bridgehead atoms. The highest BCUT2D eigenvalue weighted by Gasteiger charge is 2.26. The van der Waals surface area contributed by atoms with Gasteiger partial charge >= 0.3 is 0 Å². The van der Waals surface area contributed by atoms with Crippen LogP contribution in [0.1, 0.15) is 11.1 Å². The average molecular weight is 857 g/mol. The number of nitrogens with zero attached hydrogens (tertiary/aromatic N) is 8. The van der Waals surface area contributed by atoms with Gasteiger partial charge in [-0.2, -0.15) is 46.7 Å². The molecule has 0 atom stereocenters. The number of aliphatic hydroxyl groups excluding tert-OH is 2. The Morgan fingerprint density at radius 3 is 1.47 bits per heavy atom. The van der Waals surface area contributed by atoms with Crippen molar-refractivity contribution in [3.63, 3.8) is 0 Å². The largest absolute Gasteiger partial charge is 0.395 e. The predicted molar refractivity (Wildman–Crippen MR) is 228 cm³/mol. The Kier molecular flexibility index (Phi) is 13.4. The fourth-order valence-corrected chi connectivity index (χ4v) is 6.83. The van der Waals surface area contributed by atoms with Crippen LogP contribution in [0.4, 0.5) is 58.4 Å². The zero-order valence-electron chi connectivity index (χ0n) is 32.0. The third kappa shape index (κ3) is 11.2. The van der Waals surface area contributed by atoms with Crippen LogP contribution in [0.15, 0.2) is 107 Å². The molecule has 4 aromatic carbocycles. The first-order valence-electron chi connectivity index (χ1n) is 17.9. The molecule has 8 N–H and O–H groups in total. The second-order valence-corrected chi connectivity index (χ2v) is 15.6. The number of likely N-dealkylation sites (N-methyl/N-ethyl adjacent to an activating group) is 2. The molecule has 2 aromatic heterocycles. The minimum Gasteiger partial charge on any atom is -0.395 e. The number of rotatable bonds is 18. The second-order valence-electron chi connectivity index (χ2n) is 12.8. The summed E-state index contributed by atoms with van der Waals surface area (Å²) in [6.45, 7) is -0.142. The van der Waals surface area contributed by atoms with Gasteiger partial charge in [-0.3, -0.25) is 9.11 Å². The molecule has 60 heavy (non-hydrogen) atoms. The van der Waals surface area contributed by atoms with Crippen LogP contribution in [0.2, 0.25) is 0 Å². The van der Waals surface area contributed by atoms with E-state index in [1.807, 2.05) is 24.3 Å². The quantitative estimate of drug-likeness (QED) is 0.0435. The summed E-state index contributed by atoms with van der Waals surface area (Å²) >= 11 is 0. The molecule has 22 heteroatoms. The van der Waals surface area contributed by atoms with Crippen molar-refractivity contribution >= 4 is 90.8 Å². The van der Waals surface area contributed by atoms with Crippen molar-refractivity contribution in [3.8, 4) is 0 Å². The van der Waals surface area contributed by atoms with E-state index in [2.05, 4.69) is 51.2 Å². The normalized spacial score (nSPS) is 11.6. The van der Waals surface area contributed by atoms with Crippen LogP contribution in [0, 0.1) is 0 Å². The summed E-state index contributed by atoms with van der Waals surface area (Å²) < 4.78 is 70.4. The van der Waals surface area contributed by atoms with Crippen molar-refractivity contribution < 1.29 is 36.2 Å². The number of nitrogens with one attached hydrogen (secondary N) is 4. The highest BCUT2D eigenvalue weighted by Crippen LogP contribution is 2.38. The van der Waals surface area contributed by atoms with Crippen LogP contribution in [0.25, 0.3) is 12.2 Å². The van der Waals surface area contributed by atoms with E-state index in [1.165, 1.54) is 48.6 Å². The molecular weight excluding hydrogens is 817 g/mol. The zero-order chi connectivity index (χ0) is 42.9. The molecule has 20 nitrogen and oxygen atoms in total. The van der Waals surface area contributed by atoms with Gasteiger partial charge in [0.1, 0.15) is 4.90 Å². The van der Waals surface area contributed by atoms with Gasteiger partial charge in [-0.15, -0.1) is 0 Å². The van der Waals surface area contributed by atoms with Crippen LogP contribution < -0.4 is 31.1 Å². The molecule has 0 fully saturated rings. The third-order valence-corrected chi connectivity index (χ3v) is 10.2. The summed E-state index contributed by atoms with van der Waals surface area (Å²) in [5.41, 5.74) is 1.45. The van der Waals surface area contributed by atoms with E-state index in [0.717, 1.165) is 0 Å². The molecule has 0 aliphatic heterocycles. The number of hydrogen-bond donors (Lipinski definition) is 8. The Labute approximate surface area is 345 Å². The molecule has 6 aromatic rings. The number of aliphatic hydroxyl groups is 2. The van der Waals surface area contributed by atoms with E-state index in [9.17, 15) is 36.2 Å². The lowest BCUT2D eigenvalue weighted by molar-refractivity contribution is 0.303. The molecule has 0 spiro atoms. The topological polar surface area (TPSA) is 281 Å². The number of para-hydroxylation sites is 2. The van der Waals surface area contributed by atoms with Crippen LogP contribution in [0.5, 0.6) is 0 Å². The fourth-order valence-electron chi connectivity index (χ4n) is 5.50. The average Bonchev–Trinajstić information content (AvgIpc) is 3.21. The van der Waals surface area contributed by atoms with Gasteiger partial charge in [0.05, 0.1) is 29.5 Å². The van der Waals surface area contributed by atoms with E-state index < -0.39 is 25.1 Å². The van der Waals surface area contributed by atoms with Gasteiger partial charge < -0.3 is 41.3 Å². The summed E-state index contributed by atoms with van der Waals surface area (Å²) in [5, 5.41) is 31.5. The molecule has 0 saturated heterocycles. The zero-order valence-corrected chi connectivity index (χ0v) is 33.7. The lowest BCUT2D eigenvalue weighted by Crippen LogP contribution is -2.24. The number of anilines is 10. The van der Waals surface area contributed by atoms with Crippen molar-refractivity contribution in [3.05, 3.63) is 108 Å². The smallest absolute Gasteiger partial charge is 0.297 e. The van der Waals surface area contributed by atoms with Crippen LogP contribution >= 0.6 is 0 Å². The third-order valence-electron chi connectivity index (χ3n) is 8.42. The molecule has 6 rings (SSSR count). The van der Waals surface area contributed by atoms with E-state index >= 15 is 0 Å². The van der Waals surface area contributed by atoms with Crippen LogP contribution in [-0.2, 0) is 20.2 Å². The summed E-state index contributed by atoms with van der Waals surface area (Å²) in [7, 11) is -6.26. The Hall–Kier alpha value is -6.82. The maximum absolute atomic E-state index is 13.5. The van der Waals surface area contributed by atoms with Crippen molar-refractivity contribution in [2.75, 3.05) is 71.5 Å². The summed E-state index contributed by atoms with van der Waals surface area (Å²) in [6.07, 6.45) is 2.85. The van der Waals surface area contributed by atoms with E-state index in [-0.39, 0.29) is 83.8 Å². The molecule has 0 amide bonds. The molecule has 2 heterocycles. The lowest BCUT2D eigenvalue weighted by Gasteiger charge is -2.21. The predicted octanol–water partition coefficient (Wildman–Crippen LogP) is 4.55. The van der Waals surface area contributed by atoms with E-state index in [1.54, 1.807) is 60.3 Å². The number of aromatic nitrogens is 6. The molecule has 312 valence electrons. The maximum Gasteiger partial charge on any atom is 0.297 e. The molecule has 0 radical (unpaired) electrons. The monoisotopic (exact) mass is 856 g/mol. The fraction of sp³-hybridized carbons (Fsp3) is 0.158. The lowest BCUT2D eigenvalue weighted by atomic mass is 10.1. The van der Waals surface area contributed by atoms with Crippen LogP contribution in [-0.4, -0.2) is 106 Å². The molecule has 0 aliphatic carbocycles. The van der Waals surface area contributed by atoms with Gasteiger partial charge in [-0.1, -0.05) is 66.7 Å². The van der Waals surface area contributed by atoms with Gasteiger partial charge in [-0.25, -0.2) is 0 Å². The minimum absolute atomic E-state index is 0.0214.